The monoisotopic (exact) mass is 504 g/mol. The van der Waals surface area contributed by atoms with Crippen LogP contribution in [0.5, 0.6) is 0 Å². The molecule has 0 fully saturated rings. The number of nitrogens with one attached hydrogen (secondary N) is 2. The van der Waals surface area contributed by atoms with Crippen LogP contribution in [-0.4, -0.2) is 61.8 Å². The first-order valence-corrected chi connectivity index (χ1v) is 12.2. The highest BCUT2D eigenvalue weighted by molar-refractivity contribution is 7.98. The van der Waals surface area contributed by atoms with Crippen LogP contribution in [0.3, 0.4) is 0 Å². The number of nitrogens with zero attached hydrogens (tertiary/aromatic N) is 2. The van der Waals surface area contributed by atoms with E-state index >= 15 is 0 Å². The molecule has 1 atom stereocenters. The molecule has 4 amide bonds. The summed E-state index contributed by atoms with van der Waals surface area (Å²) in [5, 5.41) is 5.04. The van der Waals surface area contributed by atoms with E-state index in [-0.39, 0.29) is 18.4 Å². The second-order valence-electron chi connectivity index (χ2n) is 8.08. The fourth-order valence-electron chi connectivity index (χ4n) is 3.78. The molecule has 2 N–H and O–H groups in total. The molecule has 0 radical (unpaired) electrons. The molecule has 35 heavy (non-hydrogen) atoms. The summed E-state index contributed by atoms with van der Waals surface area (Å²) in [6, 6.07) is 7.07. The Kier molecular flexibility index (Phi) is 8.44. The molecule has 1 aliphatic rings. The number of anilines is 2. The van der Waals surface area contributed by atoms with E-state index in [1.165, 1.54) is 35.7 Å². The van der Waals surface area contributed by atoms with Crippen LogP contribution in [0.1, 0.15) is 12.0 Å². The maximum atomic E-state index is 13.5. The fourth-order valence-corrected chi connectivity index (χ4v) is 4.25. The molecule has 0 bridgehead atoms. The van der Waals surface area contributed by atoms with Crippen LogP contribution in [0.25, 0.3) is 0 Å². The number of fused-ring (bicyclic) bond motifs is 1. The first-order chi connectivity index (χ1) is 16.6. The molecule has 11 heteroatoms. The smallest absolute Gasteiger partial charge is 0.259 e. The van der Waals surface area contributed by atoms with Gasteiger partial charge >= 0.3 is 0 Å². The van der Waals surface area contributed by atoms with Crippen LogP contribution in [0, 0.1) is 11.6 Å². The molecule has 2 aromatic rings. The number of amides is 4. The lowest BCUT2D eigenvalue weighted by atomic mass is 10.1. The van der Waals surface area contributed by atoms with Gasteiger partial charge in [-0.25, -0.2) is 8.78 Å². The Balaban J connectivity index is 1.76. The molecule has 0 aromatic heterocycles. The molecule has 1 heterocycles. The summed E-state index contributed by atoms with van der Waals surface area (Å²) < 4.78 is 26.9. The molecule has 3 rings (SSSR count). The largest absolute Gasteiger partial charge is 0.344 e. The van der Waals surface area contributed by atoms with Crippen LogP contribution >= 0.6 is 11.8 Å². The van der Waals surface area contributed by atoms with Gasteiger partial charge in [-0.3, -0.25) is 19.2 Å². The highest BCUT2D eigenvalue weighted by Crippen LogP contribution is 2.31. The Bertz CT molecular complexity index is 1090. The Morgan fingerprint density at radius 2 is 1.54 bits per heavy atom. The summed E-state index contributed by atoms with van der Waals surface area (Å²) in [4.78, 5) is 54.4. The highest BCUT2D eigenvalue weighted by Gasteiger charge is 2.39. The van der Waals surface area contributed by atoms with Gasteiger partial charge in [0.05, 0.1) is 17.8 Å². The third kappa shape index (κ3) is 6.16. The SMILES string of the molecule is CSCC[C@H](NC(=O)Cc1cc(F)cc(F)c1)C(=O)NC1C(=O)N(C)c2ccccc2N(C)C1=O. The predicted octanol–water partition coefficient (Wildman–Crippen LogP) is 1.87. The predicted molar refractivity (Wildman–Crippen MR) is 130 cm³/mol. The highest BCUT2D eigenvalue weighted by atomic mass is 32.2. The number of thioether (sulfide) groups is 1. The topological polar surface area (TPSA) is 98.8 Å². The second kappa shape index (κ2) is 11.3. The van der Waals surface area contributed by atoms with Gasteiger partial charge in [-0.05, 0) is 48.3 Å². The van der Waals surface area contributed by atoms with Gasteiger partial charge in [-0.2, -0.15) is 11.8 Å². The molecule has 0 unspecified atom stereocenters. The zero-order valence-corrected chi connectivity index (χ0v) is 20.3. The lowest BCUT2D eigenvalue weighted by Gasteiger charge is -2.24. The molecule has 0 spiro atoms. The lowest BCUT2D eigenvalue weighted by Crippen LogP contribution is -2.58. The normalized spacial score (nSPS) is 14.9. The molecule has 2 aromatic carbocycles. The summed E-state index contributed by atoms with van der Waals surface area (Å²) in [7, 11) is 3.02. The Hall–Kier alpha value is -3.47. The van der Waals surface area contributed by atoms with Gasteiger partial charge in [0.25, 0.3) is 11.8 Å². The number of hydrogen-bond donors (Lipinski definition) is 2. The van der Waals surface area contributed by atoms with Gasteiger partial charge in [0.15, 0.2) is 6.04 Å². The molecular formula is C24H26F2N4O4S. The van der Waals surface area contributed by atoms with E-state index in [1.807, 2.05) is 6.26 Å². The van der Waals surface area contributed by atoms with E-state index in [0.29, 0.717) is 23.2 Å². The van der Waals surface area contributed by atoms with Gasteiger partial charge < -0.3 is 20.4 Å². The summed E-state index contributed by atoms with van der Waals surface area (Å²) in [6.07, 6.45) is 1.70. The zero-order chi connectivity index (χ0) is 25.7. The van der Waals surface area contributed by atoms with Crippen molar-refractivity contribution in [2.75, 3.05) is 35.9 Å². The van der Waals surface area contributed by atoms with E-state index < -0.39 is 47.3 Å². The van der Waals surface area contributed by atoms with E-state index in [9.17, 15) is 28.0 Å². The maximum absolute atomic E-state index is 13.5. The number of carbonyl (C=O) groups is 4. The van der Waals surface area contributed by atoms with Gasteiger partial charge in [-0.1, -0.05) is 12.1 Å². The Morgan fingerprint density at radius 1 is 1.00 bits per heavy atom. The number of hydrogen-bond acceptors (Lipinski definition) is 5. The number of benzene rings is 2. The second-order valence-corrected chi connectivity index (χ2v) is 9.07. The van der Waals surface area contributed by atoms with Gasteiger partial charge in [0.1, 0.15) is 17.7 Å². The molecular weight excluding hydrogens is 478 g/mol. The van der Waals surface area contributed by atoms with E-state index in [0.717, 1.165) is 12.1 Å². The van der Waals surface area contributed by atoms with Crippen LogP contribution in [-0.2, 0) is 25.6 Å². The van der Waals surface area contributed by atoms with Crippen LogP contribution in [0.4, 0.5) is 20.2 Å². The number of para-hydroxylation sites is 2. The van der Waals surface area contributed by atoms with Crippen molar-refractivity contribution in [1.82, 2.24) is 10.6 Å². The molecule has 0 saturated heterocycles. The summed E-state index contributed by atoms with van der Waals surface area (Å²) in [6.45, 7) is 0. The quantitative estimate of drug-likeness (QED) is 0.535. The summed E-state index contributed by atoms with van der Waals surface area (Å²) in [5.74, 6) is -3.71. The number of carbonyl (C=O) groups excluding carboxylic acids is 4. The van der Waals surface area contributed by atoms with Gasteiger partial charge in [-0.15, -0.1) is 0 Å². The van der Waals surface area contributed by atoms with Crippen molar-refractivity contribution in [3.63, 3.8) is 0 Å². The lowest BCUT2D eigenvalue weighted by molar-refractivity contribution is -0.135. The van der Waals surface area contributed by atoms with Gasteiger partial charge in [0.2, 0.25) is 11.8 Å². The molecule has 8 nitrogen and oxygen atoms in total. The maximum Gasteiger partial charge on any atom is 0.259 e. The summed E-state index contributed by atoms with van der Waals surface area (Å²) >= 11 is 1.44. The Morgan fingerprint density at radius 3 is 2.06 bits per heavy atom. The van der Waals surface area contributed by atoms with Gasteiger partial charge in [0, 0.05) is 20.2 Å². The van der Waals surface area contributed by atoms with Crippen molar-refractivity contribution in [3.8, 4) is 0 Å². The number of rotatable bonds is 8. The zero-order valence-electron chi connectivity index (χ0n) is 19.5. The number of halogens is 2. The van der Waals surface area contributed by atoms with Crippen molar-refractivity contribution >= 4 is 46.8 Å². The van der Waals surface area contributed by atoms with Crippen molar-refractivity contribution < 1.29 is 28.0 Å². The average Bonchev–Trinajstić information content (AvgIpc) is 2.87. The van der Waals surface area contributed by atoms with Crippen molar-refractivity contribution in [1.29, 1.82) is 0 Å². The third-order valence-electron chi connectivity index (χ3n) is 5.60. The van der Waals surface area contributed by atoms with E-state index in [2.05, 4.69) is 10.6 Å². The minimum absolute atomic E-state index is 0.110. The Labute approximate surface area is 206 Å². The van der Waals surface area contributed by atoms with Crippen LogP contribution in [0.15, 0.2) is 42.5 Å². The van der Waals surface area contributed by atoms with E-state index in [4.69, 9.17) is 0 Å². The minimum atomic E-state index is -1.49. The first-order valence-electron chi connectivity index (χ1n) is 10.8. The molecule has 1 aliphatic heterocycles. The van der Waals surface area contributed by atoms with Crippen molar-refractivity contribution in [2.45, 2.75) is 24.9 Å². The van der Waals surface area contributed by atoms with Crippen molar-refractivity contribution in [2.24, 2.45) is 0 Å². The molecule has 186 valence electrons. The minimum Gasteiger partial charge on any atom is -0.344 e. The standard InChI is InChI=1S/C24H26F2N4O4S/c1-29-18-6-4-5-7-19(18)30(2)24(34)21(23(29)33)28-22(32)17(8-9-35-3)27-20(31)12-14-10-15(25)13-16(26)11-14/h4-7,10-11,13,17,21H,8-9,12H2,1-3H3,(H,27,31)(H,28,32)/t17-/m0/s1. The molecule has 0 saturated carbocycles. The summed E-state index contributed by atoms with van der Waals surface area (Å²) in [5.41, 5.74) is 1.14. The van der Waals surface area contributed by atoms with Crippen LogP contribution < -0.4 is 20.4 Å². The fraction of sp³-hybridized carbons (Fsp3) is 0.333. The van der Waals surface area contributed by atoms with Crippen LogP contribution in [0.2, 0.25) is 0 Å². The first kappa shape index (κ1) is 26.1. The molecule has 0 aliphatic carbocycles. The average molecular weight is 505 g/mol. The van der Waals surface area contributed by atoms with E-state index in [1.54, 1.807) is 24.3 Å². The number of likely N-dealkylation sites (N-methyl/N-ethyl adjacent to an activating group) is 2. The third-order valence-corrected chi connectivity index (χ3v) is 6.24. The van der Waals surface area contributed by atoms with Crippen molar-refractivity contribution in [3.05, 3.63) is 59.7 Å².